The van der Waals surface area contributed by atoms with E-state index in [2.05, 4.69) is 9.78 Å². The van der Waals surface area contributed by atoms with E-state index in [1.807, 2.05) is 13.8 Å². The second kappa shape index (κ2) is 24.7. The molecule has 46 heavy (non-hydrogen) atoms. The highest BCUT2D eigenvalue weighted by molar-refractivity contribution is 5.84. The van der Waals surface area contributed by atoms with E-state index >= 15 is 0 Å². The number of aromatic hydroxyl groups is 2. The molecular formula is C30H46O16. The second-order valence-electron chi connectivity index (χ2n) is 9.69. The molecule has 0 aliphatic rings. The molecule has 0 radical (unpaired) electrons. The Labute approximate surface area is 267 Å². The van der Waals surface area contributed by atoms with Gasteiger partial charge in [0.25, 0.3) is 0 Å². The molecule has 0 saturated heterocycles. The highest BCUT2D eigenvalue weighted by Gasteiger charge is 2.37. The lowest BCUT2D eigenvalue weighted by Gasteiger charge is -2.24. The van der Waals surface area contributed by atoms with Crippen molar-refractivity contribution in [2.75, 3.05) is 52.9 Å². The van der Waals surface area contributed by atoms with E-state index in [1.54, 1.807) is 13.8 Å². The fourth-order valence-corrected chi connectivity index (χ4v) is 3.54. The average Bonchev–Trinajstić information content (AvgIpc) is 3.03. The van der Waals surface area contributed by atoms with Gasteiger partial charge in [-0.15, -0.1) is 0 Å². The Bertz CT molecular complexity index is 965. The number of phenolic OH excluding ortho intramolecular Hbond substituents is 2. The van der Waals surface area contributed by atoms with Crippen molar-refractivity contribution in [3.05, 3.63) is 23.3 Å². The second-order valence-corrected chi connectivity index (χ2v) is 9.69. The lowest BCUT2D eigenvalue weighted by molar-refractivity contribution is -0.275. The first-order valence-electron chi connectivity index (χ1n) is 15.2. The Kier molecular flexibility index (Phi) is 21.7. The van der Waals surface area contributed by atoms with Gasteiger partial charge >= 0.3 is 23.9 Å². The first-order valence-corrected chi connectivity index (χ1v) is 15.2. The first-order chi connectivity index (χ1) is 22.2. The summed E-state index contributed by atoms with van der Waals surface area (Å²) in [7, 11) is 0. The van der Waals surface area contributed by atoms with Crippen LogP contribution in [0.15, 0.2) is 12.1 Å². The predicted octanol–water partition coefficient (Wildman–Crippen LogP) is 3.62. The lowest BCUT2D eigenvalue weighted by Crippen LogP contribution is -2.28. The Morgan fingerprint density at radius 2 is 0.870 bits per heavy atom. The quantitative estimate of drug-likeness (QED) is 0.0630. The highest BCUT2D eigenvalue weighted by atomic mass is 17.2. The highest BCUT2D eigenvalue weighted by Crippen LogP contribution is 2.41. The minimum Gasteiger partial charge on any atom is -0.508 e. The van der Waals surface area contributed by atoms with Gasteiger partial charge in [-0.2, -0.15) is 19.6 Å². The van der Waals surface area contributed by atoms with Gasteiger partial charge in [0.15, 0.2) is 0 Å². The molecule has 1 rings (SSSR count). The summed E-state index contributed by atoms with van der Waals surface area (Å²) in [5.41, 5.74) is -0.514. The van der Waals surface area contributed by atoms with Gasteiger partial charge < -0.3 is 19.7 Å². The molecule has 16 nitrogen and oxygen atoms in total. The van der Waals surface area contributed by atoms with Crippen LogP contribution in [0.1, 0.15) is 89.2 Å². The summed E-state index contributed by atoms with van der Waals surface area (Å²) in [6.45, 7) is 6.37. The zero-order valence-corrected chi connectivity index (χ0v) is 26.8. The van der Waals surface area contributed by atoms with E-state index in [4.69, 9.17) is 38.8 Å². The molecule has 16 heteroatoms. The summed E-state index contributed by atoms with van der Waals surface area (Å²) in [5.74, 6) is -7.48. The molecule has 0 saturated carbocycles. The van der Waals surface area contributed by atoms with Gasteiger partial charge in [0.1, 0.15) is 23.3 Å². The van der Waals surface area contributed by atoms with Crippen LogP contribution in [0.4, 0.5) is 0 Å². The van der Waals surface area contributed by atoms with Crippen molar-refractivity contribution in [3.8, 4) is 11.5 Å². The van der Waals surface area contributed by atoms with Crippen LogP contribution in [-0.4, -0.2) is 86.9 Å². The molecule has 0 aromatic heterocycles. The van der Waals surface area contributed by atoms with Crippen LogP contribution < -0.4 is 0 Å². The van der Waals surface area contributed by atoms with E-state index in [0.29, 0.717) is 25.7 Å². The summed E-state index contributed by atoms with van der Waals surface area (Å²) < 4.78 is 11.1. The monoisotopic (exact) mass is 662 g/mol. The predicted molar refractivity (Wildman–Crippen MR) is 155 cm³/mol. The fourth-order valence-electron chi connectivity index (χ4n) is 3.54. The van der Waals surface area contributed by atoms with Crippen molar-refractivity contribution < 1.29 is 78.0 Å². The molecule has 0 aliphatic heterocycles. The maximum atomic E-state index is 13.2. The molecule has 1 aromatic carbocycles. The Hall–Kier alpha value is -3.54. The van der Waals surface area contributed by atoms with Crippen molar-refractivity contribution >= 4 is 23.9 Å². The summed E-state index contributed by atoms with van der Waals surface area (Å²) in [5, 5.41) is 21.9. The Morgan fingerprint density at radius 3 is 1.20 bits per heavy atom. The van der Waals surface area contributed by atoms with E-state index in [-0.39, 0.29) is 63.6 Å². The minimum absolute atomic E-state index is 0.0608. The number of hydrogen-bond acceptors (Lipinski definition) is 16. The van der Waals surface area contributed by atoms with Crippen LogP contribution in [0, 0.1) is 0 Å². The molecule has 0 amide bonds. The Morgan fingerprint density at radius 1 is 0.543 bits per heavy atom. The average molecular weight is 663 g/mol. The zero-order valence-electron chi connectivity index (χ0n) is 26.8. The van der Waals surface area contributed by atoms with E-state index in [9.17, 15) is 29.4 Å². The van der Waals surface area contributed by atoms with E-state index in [0.717, 1.165) is 12.1 Å². The summed E-state index contributed by atoms with van der Waals surface area (Å²) in [6, 6.07) is 2.21. The standard InChI is InChI=1S/C30H46O16/c1-5-13-39-43-25(33)11-17-37-19-21(29(35)45-41-15-7-3)27-23(31)9-10-24(32)28(27)22(30(36)46-42-16-8-4)20-38-18-12-26(34)44-40-14-6-2/h9-10,21-22,31-32H,5-8,11-20H2,1-4H3. The maximum Gasteiger partial charge on any atom is 0.352 e. The van der Waals surface area contributed by atoms with Crippen molar-refractivity contribution in [2.24, 2.45) is 0 Å². The largest absolute Gasteiger partial charge is 0.508 e. The van der Waals surface area contributed by atoms with Gasteiger partial charge in [-0.1, -0.05) is 27.7 Å². The van der Waals surface area contributed by atoms with Gasteiger partial charge in [0.05, 0.1) is 65.7 Å². The molecule has 0 fully saturated rings. The molecule has 1 aromatic rings. The normalized spacial score (nSPS) is 12.3. The molecule has 0 bridgehead atoms. The number of carbonyl (C=O) groups is 4. The number of rotatable bonds is 26. The van der Waals surface area contributed by atoms with Gasteiger partial charge in [-0.25, -0.2) is 19.2 Å². The topological polar surface area (TPSA) is 201 Å². The zero-order chi connectivity index (χ0) is 34.2. The van der Waals surface area contributed by atoms with Crippen LogP contribution >= 0.6 is 0 Å². The van der Waals surface area contributed by atoms with E-state index < -0.39 is 60.4 Å². The molecular weight excluding hydrogens is 616 g/mol. The molecule has 262 valence electrons. The van der Waals surface area contributed by atoms with Crippen LogP contribution in [0.3, 0.4) is 0 Å². The fraction of sp³-hybridized carbons (Fsp3) is 0.667. The lowest BCUT2D eigenvalue weighted by atomic mass is 9.86. The van der Waals surface area contributed by atoms with Gasteiger partial charge in [0, 0.05) is 11.1 Å². The summed E-state index contributed by atoms with van der Waals surface area (Å²) in [4.78, 5) is 88.6. The number of benzene rings is 1. The molecule has 2 atom stereocenters. The third kappa shape index (κ3) is 15.6. The van der Waals surface area contributed by atoms with Crippen LogP contribution in [0.2, 0.25) is 0 Å². The number of carbonyl (C=O) groups excluding carboxylic acids is 4. The molecule has 0 aliphatic carbocycles. The molecule has 0 spiro atoms. The van der Waals surface area contributed by atoms with E-state index in [1.165, 1.54) is 0 Å². The number of hydrogen-bond donors (Lipinski definition) is 2. The Balaban J connectivity index is 3.31. The number of phenols is 2. The molecule has 2 N–H and O–H groups in total. The van der Waals surface area contributed by atoms with Crippen molar-refractivity contribution in [2.45, 2.75) is 78.1 Å². The maximum absolute atomic E-state index is 13.2. The van der Waals surface area contributed by atoms with Gasteiger partial charge in [-0.3, -0.25) is 19.6 Å². The summed E-state index contributed by atoms with van der Waals surface area (Å²) in [6.07, 6.45) is 1.82. The summed E-state index contributed by atoms with van der Waals surface area (Å²) >= 11 is 0. The van der Waals surface area contributed by atoms with Crippen molar-refractivity contribution in [3.63, 3.8) is 0 Å². The first kappa shape index (κ1) is 40.5. The number of ether oxygens (including phenoxy) is 2. The molecule has 2 unspecified atom stereocenters. The van der Waals surface area contributed by atoms with Gasteiger partial charge in [-0.05, 0) is 37.8 Å². The van der Waals surface area contributed by atoms with Crippen LogP contribution in [0.25, 0.3) is 0 Å². The smallest absolute Gasteiger partial charge is 0.352 e. The third-order valence-corrected chi connectivity index (χ3v) is 5.71. The van der Waals surface area contributed by atoms with Crippen molar-refractivity contribution in [1.29, 1.82) is 0 Å². The van der Waals surface area contributed by atoms with Crippen LogP contribution in [0.5, 0.6) is 11.5 Å². The third-order valence-electron chi connectivity index (χ3n) is 5.71. The SMILES string of the molecule is CCCOOC(=O)CCOCC(C(=O)OOCCC)c1c(O)ccc(O)c1C(COCCC(=O)OOCCC)C(=O)OOCCC. The van der Waals surface area contributed by atoms with Crippen LogP contribution in [-0.2, 0) is 67.8 Å². The van der Waals surface area contributed by atoms with Crippen molar-refractivity contribution in [1.82, 2.24) is 0 Å². The molecule has 0 heterocycles. The minimum atomic E-state index is -1.48. The van der Waals surface area contributed by atoms with Gasteiger partial charge in [0.2, 0.25) is 0 Å².